The molecular weight excluding hydrogens is 439 g/mol. The number of alkyl halides is 1. The molecule has 0 spiro atoms. The summed E-state index contributed by atoms with van der Waals surface area (Å²) in [5, 5.41) is 0.755. The number of hydrogen-bond acceptors (Lipinski definition) is 7. The van der Waals surface area contributed by atoms with Gasteiger partial charge in [0.15, 0.2) is 0 Å². The van der Waals surface area contributed by atoms with E-state index in [-0.39, 0.29) is 12.6 Å². The molecule has 1 aliphatic rings. The number of nitrogens with zero attached hydrogens (tertiary/aromatic N) is 4. The van der Waals surface area contributed by atoms with Crippen LogP contribution in [0.1, 0.15) is 44.0 Å². The van der Waals surface area contributed by atoms with Crippen molar-refractivity contribution >= 4 is 28.9 Å². The minimum atomic E-state index is -0.711. The molecule has 0 saturated carbocycles. The number of ether oxygens (including phenoxy) is 2. The number of anilines is 1. The Labute approximate surface area is 197 Å². The van der Waals surface area contributed by atoms with Gasteiger partial charge in [0.25, 0.3) is 0 Å². The minimum Gasteiger partial charge on any atom is -0.465 e. The van der Waals surface area contributed by atoms with Crippen LogP contribution in [0.3, 0.4) is 0 Å². The van der Waals surface area contributed by atoms with Crippen molar-refractivity contribution < 1.29 is 23.5 Å². The van der Waals surface area contributed by atoms with Crippen LogP contribution in [-0.2, 0) is 9.47 Å². The fourth-order valence-electron chi connectivity index (χ4n) is 4.07. The molecule has 4 rings (SSSR count). The summed E-state index contributed by atoms with van der Waals surface area (Å²) in [5.41, 5.74) is 1.31. The molecule has 1 aromatic carbocycles. The number of aromatic nitrogens is 3. The number of carbonyl (C=O) groups is 2. The zero-order valence-electron chi connectivity index (χ0n) is 19.9. The molecule has 0 radical (unpaired) electrons. The van der Waals surface area contributed by atoms with Gasteiger partial charge in [-0.1, -0.05) is 6.07 Å². The summed E-state index contributed by atoms with van der Waals surface area (Å²) in [6, 6.07) is 6.86. The van der Waals surface area contributed by atoms with Crippen LogP contribution in [0.15, 0.2) is 36.7 Å². The number of rotatable bonds is 4. The maximum atomic E-state index is 13.2. The van der Waals surface area contributed by atoms with E-state index in [1.165, 1.54) is 11.7 Å². The number of methoxy groups -OCH3 is 1. The van der Waals surface area contributed by atoms with Crippen molar-refractivity contribution in [2.45, 2.75) is 39.2 Å². The van der Waals surface area contributed by atoms with Crippen LogP contribution in [0, 0.1) is 5.92 Å². The Bertz CT molecular complexity index is 1190. The molecule has 0 bridgehead atoms. The lowest BCUT2D eigenvalue weighted by Gasteiger charge is -2.30. The van der Waals surface area contributed by atoms with Gasteiger partial charge in [-0.25, -0.2) is 24.1 Å². The van der Waals surface area contributed by atoms with Crippen LogP contribution in [-0.4, -0.2) is 59.1 Å². The number of halogens is 1. The van der Waals surface area contributed by atoms with Crippen molar-refractivity contribution in [2.24, 2.45) is 5.92 Å². The Hall–Kier alpha value is -3.49. The maximum absolute atomic E-state index is 13.2. The molecule has 0 N–H and O–H groups in total. The molecule has 0 amide bonds. The number of fused-ring (bicyclic) bond motifs is 1. The van der Waals surface area contributed by atoms with Gasteiger partial charge in [-0.3, -0.25) is 4.39 Å². The molecule has 34 heavy (non-hydrogen) atoms. The third kappa shape index (κ3) is 4.88. The molecule has 1 aliphatic heterocycles. The van der Waals surface area contributed by atoms with E-state index in [0.29, 0.717) is 41.4 Å². The van der Waals surface area contributed by atoms with Gasteiger partial charge in [-0.2, -0.15) is 0 Å². The van der Waals surface area contributed by atoms with Gasteiger partial charge in [-0.15, -0.1) is 0 Å². The van der Waals surface area contributed by atoms with Crippen LogP contribution in [0.2, 0.25) is 0 Å². The Balaban J connectivity index is 1.73. The predicted molar refractivity (Wildman–Crippen MR) is 127 cm³/mol. The first-order chi connectivity index (χ1) is 16.2. The Morgan fingerprint density at radius 1 is 1.12 bits per heavy atom. The molecule has 180 valence electrons. The molecule has 3 heterocycles. The highest BCUT2D eigenvalue weighted by Gasteiger charge is 2.25. The van der Waals surface area contributed by atoms with Crippen molar-refractivity contribution in [3.63, 3.8) is 0 Å². The van der Waals surface area contributed by atoms with Gasteiger partial charge in [0.05, 0.1) is 30.6 Å². The zero-order valence-corrected chi connectivity index (χ0v) is 19.9. The van der Waals surface area contributed by atoms with Gasteiger partial charge < -0.3 is 14.4 Å². The first-order valence-corrected chi connectivity index (χ1v) is 11.3. The fraction of sp³-hybridized carbons (Fsp3) is 0.440. The van der Waals surface area contributed by atoms with Crippen LogP contribution < -0.4 is 4.90 Å². The van der Waals surface area contributed by atoms with E-state index in [1.807, 2.05) is 11.0 Å². The Morgan fingerprint density at radius 3 is 2.38 bits per heavy atom. The highest BCUT2D eigenvalue weighted by atomic mass is 19.1. The molecule has 0 atom stereocenters. The number of hydrogen-bond donors (Lipinski definition) is 0. The highest BCUT2D eigenvalue weighted by Crippen LogP contribution is 2.30. The van der Waals surface area contributed by atoms with Crippen LogP contribution in [0.25, 0.3) is 22.2 Å². The summed E-state index contributed by atoms with van der Waals surface area (Å²) in [6.07, 6.45) is 4.31. The van der Waals surface area contributed by atoms with E-state index >= 15 is 0 Å². The van der Waals surface area contributed by atoms with Crippen molar-refractivity contribution in [3.05, 3.63) is 42.2 Å². The molecule has 2 aromatic heterocycles. The topological polar surface area (TPSA) is 86.5 Å². The average molecular weight is 469 g/mol. The van der Waals surface area contributed by atoms with E-state index in [4.69, 9.17) is 9.47 Å². The third-order valence-corrected chi connectivity index (χ3v) is 5.85. The minimum absolute atomic E-state index is 0.106. The smallest absolute Gasteiger partial charge is 0.419 e. The lowest BCUT2D eigenvalue weighted by atomic mass is 9.99. The highest BCUT2D eigenvalue weighted by molar-refractivity contribution is 6.00. The van der Waals surface area contributed by atoms with Crippen molar-refractivity contribution in [2.75, 3.05) is 31.8 Å². The first-order valence-electron chi connectivity index (χ1n) is 11.3. The van der Waals surface area contributed by atoms with E-state index in [0.717, 1.165) is 18.2 Å². The van der Waals surface area contributed by atoms with Crippen LogP contribution >= 0.6 is 0 Å². The lowest BCUT2D eigenvalue weighted by Crippen LogP contribution is -2.35. The second kappa shape index (κ2) is 9.40. The van der Waals surface area contributed by atoms with Gasteiger partial charge in [-0.05, 0) is 57.7 Å². The number of piperidine rings is 1. The molecule has 0 aliphatic carbocycles. The van der Waals surface area contributed by atoms with Crippen molar-refractivity contribution in [3.8, 4) is 11.3 Å². The summed E-state index contributed by atoms with van der Waals surface area (Å²) in [6.45, 7) is 6.51. The largest absolute Gasteiger partial charge is 0.465 e. The predicted octanol–water partition coefficient (Wildman–Crippen LogP) is 4.85. The second-order valence-corrected chi connectivity index (χ2v) is 9.47. The van der Waals surface area contributed by atoms with Gasteiger partial charge in [0.2, 0.25) is 5.95 Å². The maximum Gasteiger partial charge on any atom is 0.419 e. The Morgan fingerprint density at radius 2 is 1.79 bits per heavy atom. The van der Waals surface area contributed by atoms with Gasteiger partial charge in [0.1, 0.15) is 5.60 Å². The second-order valence-electron chi connectivity index (χ2n) is 9.47. The third-order valence-electron chi connectivity index (χ3n) is 5.85. The quantitative estimate of drug-likeness (QED) is 0.506. The van der Waals surface area contributed by atoms with Crippen LogP contribution in [0.4, 0.5) is 15.1 Å². The molecule has 1 saturated heterocycles. The molecule has 3 aromatic rings. The molecular formula is C25H29FN4O4. The normalized spacial score (nSPS) is 14.9. The molecule has 9 heteroatoms. The molecule has 1 fully saturated rings. The zero-order chi connectivity index (χ0) is 24.5. The van der Waals surface area contributed by atoms with E-state index in [2.05, 4.69) is 9.97 Å². The van der Waals surface area contributed by atoms with Gasteiger partial charge >= 0.3 is 12.1 Å². The lowest BCUT2D eigenvalue weighted by molar-refractivity contribution is 0.0544. The molecule has 8 nitrogen and oxygen atoms in total. The number of benzene rings is 1. The van der Waals surface area contributed by atoms with E-state index in [1.54, 1.807) is 51.4 Å². The number of carbonyl (C=O) groups excluding carboxylic acids is 2. The van der Waals surface area contributed by atoms with Crippen LogP contribution in [0.5, 0.6) is 0 Å². The van der Waals surface area contributed by atoms with E-state index < -0.39 is 17.7 Å². The monoisotopic (exact) mass is 468 g/mol. The summed E-state index contributed by atoms with van der Waals surface area (Å²) >= 11 is 0. The van der Waals surface area contributed by atoms with Gasteiger partial charge in [0, 0.05) is 36.4 Å². The standard InChI is InChI=1S/C25H29FN4O4/c1-25(2,3)34-24(32)30-20-12-18(22(31)33-4)6-5-17(20)11-21(30)19-14-27-23(28-15-19)29-9-7-16(13-26)8-10-29/h5-6,11-12,14-16H,7-10,13H2,1-4H3. The SMILES string of the molecule is COC(=O)c1ccc2cc(-c3cnc(N4CCC(CF)CC4)nc3)n(C(=O)OC(C)(C)C)c2c1. The fourth-order valence-corrected chi connectivity index (χ4v) is 4.07. The summed E-state index contributed by atoms with van der Waals surface area (Å²) in [5.74, 6) is 0.188. The molecule has 0 unspecified atom stereocenters. The summed E-state index contributed by atoms with van der Waals surface area (Å²) < 4.78 is 24.8. The Kier molecular flexibility index (Phi) is 6.54. The summed E-state index contributed by atoms with van der Waals surface area (Å²) in [7, 11) is 1.31. The van der Waals surface area contributed by atoms with Crippen molar-refractivity contribution in [1.29, 1.82) is 0 Å². The van der Waals surface area contributed by atoms with Crippen molar-refractivity contribution in [1.82, 2.24) is 14.5 Å². The first kappa shape index (κ1) is 23.7. The number of esters is 1. The summed E-state index contributed by atoms with van der Waals surface area (Å²) in [4.78, 5) is 36.4. The van der Waals surface area contributed by atoms with E-state index in [9.17, 15) is 14.0 Å². The average Bonchev–Trinajstić information content (AvgIpc) is 3.21.